The lowest BCUT2D eigenvalue weighted by molar-refractivity contribution is -0.137. The fraction of sp³-hybridized carbons (Fsp3) is 0.0435. The highest BCUT2D eigenvalue weighted by Gasteiger charge is 2.39. The van der Waals surface area contributed by atoms with Crippen molar-refractivity contribution in [2.45, 2.75) is 6.54 Å². The van der Waals surface area contributed by atoms with Crippen LogP contribution in [0, 0.1) is 0 Å². The number of nitrogens with one attached hydrogen (secondary N) is 1. The van der Waals surface area contributed by atoms with E-state index in [1.54, 1.807) is 6.07 Å². The first-order valence-electron chi connectivity index (χ1n) is 8.96. The van der Waals surface area contributed by atoms with Crippen molar-refractivity contribution < 1.29 is 9.59 Å². The number of rotatable bonds is 5. The van der Waals surface area contributed by atoms with E-state index in [1.807, 2.05) is 72.8 Å². The molecule has 4 rings (SSSR count). The molecule has 2 amide bonds. The molecule has 0 unspecified atom stereocenters. The van der Waals surface area contributed by atoms with Crippen LogP contribution in [0.15, 0.2) is 89.0 Å². The van der Waals surface area contributed by atoms with Gasteiger partial charge in [-0.05, 0) is 35.4 Å². The average molecular weight is 468 g/mol. The van der Waals surface area contributed by atoms with Crippen LogP contribution in [0.4, 0.5) is 5.69 Å². The summed E-state index contributed by atoms with van der Waals surface area (Å²) in [6.07, 6.45) is 0. The zero-order valence-electron chi connectivity index (χ0n) is 15.2. The van der Waals surface area contributed by atoms with E-state index in [2.05, 4.69) is 21.2 Å². The Bertz CT molecular complexity index is 1130. The number of hydrogen-bond donors (Lipinski definition) is 1. The standard InChI is InChI=1S/C23H16BrClN2O2/c24-17-10-6-11-18(13-17)26-21-20(15-7-2-1-3-8-15)22(28)27(23(21)29)14-16-9-4-5-12-19(16)25/h1-13,26H,14H2. The Morgan fingerprint density at radius 2 is 1.59 bits per heavy atom. The second kappa shape index (κ2) is 8.23. The minimum absolute atomic E-state index is 0.108. The van der Waals surface area contributed by atoms with Crippen LogP contribution in [0.5, 0.6) is 0 Å². The van der Waals surface area contributed by atoms with E-state index in [0.29, 0.717) is 27.4 Å². The summed E-state index contributed by atoms with van der Waals surface area (Å²) in [5.41, 5.74) is 2.72. The lowest BCUT2D eigenvalue weighted by atomic mass is 10.0. The van der Waals surface area contributed by atoms with Gasteiger partial charge in [-0.15, -0.1) is 0 Å². The van der Waals surface area contributed by atoms with Crippen LogP contribution in [0.1, 0.15) is 11.1 Å². The minimum atomic E-state index is -0.381. The summed E-state index contributed by atoms with van der Waals surface area (Å²) in [5.74, 6) is -0.729. The molecule has 3 aromatic rings. The highest BCUT2D eigenvalue weighted by atomic mass is 79.9. The average Bonchev–Trinajstić information content (AvgIpc) is 2.94. The number of halogens is 2. The normalized spacial score (nSPS) is 13.9. The van der Waals surface area contributed by atoms with Crippen molar-refractivity contribution in [2.24, 2.45) is 0 Å². The molecule has 0 aliphatic carbocycles. The maximum absolute atomic E-state index is 13.3. The van der Waals surface area contributed by atoms with Gasteiger partial charge in [-0.25, -0.2) is 0 Å². The first-order valence-corrected chi connectivity index (χ1v) is 10.1. The molecule has 1 heterocycles. The second-order valence-corrected chi connectivity index (χ2v) is 7.86. The van der Waals surface area contributed by atoms with E-state index in [4.69, 9.17) is 11.6 Å². The summed E-state index contributed by atoms with van der Waals surface area (Å²) in [6, 6.07) is 23.8. The predicted molar refractivity (Wildman–Crippen MR) is 118 cm³/mol. The molecule has 0 spiro atoms. The summed E-state index contributed by atoms with van der Waals surface area (Å²) >= 11 is 9.68. The number of anilines is 1. The summed E-state index contributed by atoms with van der Waals surface area (Å²) < 4.78 is 0.869. The third-order valence-corrected chi connectivity index (χ3v) is 5.47. The molecule has 1 N–H and O–H groups in total. The number of nitrogens with zero attached hydrogens (tertiary/aromatic N) is 1. The van der Waals surface area contributed by atoms with Gasteiger partial charge in [0, 0.05) is 15.2 Å². The van der Waals surface area contributed by atoms with Crippen LogP contribution < -0.4 is 5.32 Å². The fourth-order valence-corrected chi connectivity index (χ4v) is 3.81. The minimum Gasteiger partial charge on any atom is -0.350 e. The van der Waals surface area contributed by atoms with Gasteiger partial charge in [0.25, 0.3) is 11.8 Å². The van der Waals surface area contributed by atoms with Crippen molar-refractivity contribution in [1.29, 1.82) is 0 Å². The van der Waals surface area contributed by atoms with E-state index < -0.39 is 0 Å². The van der Waals surface area contributed by atoms with Crippen LogP contribution in [-0.4, -0.2) is 16.7 Å². The molecule has 0 fully saturated rings. The molecule has 0 saturated carbocycles. The van der Waals surface area contributed by atoms with Crippen LogP contribution >= 0.6 is 27.5 Å². The highest BCUT2D eigenvalue weighted by molar-refractivity contribution is 9.10. The summed E-state index contributed by atoms with van der Waals surface area (Å²) in [7, 11) is 0. The van der Waals surface area contributed by atoms with Crippen molar-refractivity contribution in [1.82, 2.24) is 4.90 Å². The van der Waals surface area contributed by atoms with E-state index in [-0.39, 0.29) is 24.1 Å². The molecule has 0 bridgehead atoms. The highest BCUT2D eigenvalue weighted by Crippen LogP contribution is 2.32. The summed E-state index contributed by atoms with van der Waals surface area (Å²) in [6.45, 7) is 0.108. The second-order valence-electron chi connectivity index (χ2n) is 6.54. The maximum Gasteiger partial charge on any atom is 0.278 e. The Morgan fingerprint density at radius 3 is 2.31 bits per heavy atom. The van der Waals surface area contributed by atoms with Crippen molar-refractivity contribution in [3.05, 3.63) is 105 Å². The fourth-order valence-electron chi connectivity index (χ4n) is 3.22. The van der Waals surface area contributed by atoms with Gasteiger partial charge >= 0.3 is 0 Å². The van der Waals surface area contributed by atoms with Crippen molar-refractivity contribution in [3.63, 3.8) is 0 Å². The topological polar surface area (TPSA) is 49.4 Å². The Morgan fingerprint density at radius 1 is 0.862 bits per heavy atom. The molecule has 0 atom stereocenters. The van der Waals surface area contributed by atoms with Crippen LogP contribution in [0.25, 0.3) is 5.57 Å². The van der Waals surface area contributed by atoms with E-state index in [9.17, 15) is 9.59 Å². The van der Waals surface area contributed by atoms with Crippen LogP contribution in [0.2, 0.25) is 5.02 Å². The molecule has 0 aromatic heterocycles. The lowest BCUT2D eigenvalue weighted by Crippen LogP contribution is -2.32. The van der Waals surface area contributed by atoms with Crippen molar-refractivity contribution in [3.8, 4) is 0 Å². The van der Waals surface area contributed by atoms with Crippen LogP contribution in [0.3, 0.4) is 0 Å². The Kier molecular flexibility index (Phi) is 5.51. The van der Waals surface area contributed by atoms with E-state index >= 15 is 0 Å². The van der Waals surface area contributed by atoms with Gasteiger partial charge in [0.15, 0.2) is 0 Å². The zero-order valence-corrected chi connectivity index (χ0v) is 17.6. The number of carbonyl (C=O) groups excluding carboxylic acids is 2. The molecule has 1 aliphatic heterocycles. The predicted octanol–water partition coefficient (Wildman–Crippen LogP) is 5.49. The first-order chi connectivity index (χ1) is 14.0. The van der Waals surface area contributed by atoms with Gasteiger partial charge in [0.1, 0.15) is 5.70 Å². The largest absolute Gasteiger partial charge is 0.350 e. The van der Waals surface area contributed by atoms with Gasteiger partial charge in [-0.3, -0.25) is 14.5 Å². The molecule has 4 nitrogen and oxygen atoms in total. The molecular formula is C23H16BrClN2O2. The maximum atomic E-state index is 13.3. The molecule has 0 saturated heterocycles. The van der Waals surface area contributed by atoms with Gasteiger partial charge in [0.05, 0.1) is 12.1 Å². The van der Waals surface area contributed by atoms with Gasteiger partial charge < -0.3 is 5.32 Å². The summed E-state index contributed by atoms with van der Waals surface area (Å²) in [4.78, 5) is 27.7. The molecule has 0 radical (unpaired) electrons. The first kappa shape index (κ1) is 19.4. The Balaban J connectivity index is 1.75. The van der Waals surface area contributed by atoms with E-state index in [1.165, 1.54) is 4.90 Å². The Labute approximate surface area is 181 Å². The van der Waals surface area contributed by atoms with Gasteiger partial charge in [-0.2, -0.15) is 0 Å². The monoisotopic (exact) mass is 466 g/mol. The quantitative estimate of drug-likeness (QED) is 0.505. The molecule has 6 heteroatoms. The van der Waals surface area contributed by atoms with Crippen molar-refractivity contribution in [2.75, 3.05) is 5.32 Å². The van der Waals surface area contributed by atoms with Gasteiger partial charge in [-0.1, -0.05) is 82.1 Å². The van der Waals surface area contributed by atoms with Gasteiger partial charge in [0.2, 0.25) is 0 Å². The van der Waals surface area contributed by atoms with E-state index in [0.717, 1.165) is 4.47 Å². The number of hydrogen-bond acceptors (Lipinski definition) is 3. The molecule has 29 heavy (non-hydrogen) atoms. The van der Waals surface area contributed by atoms with Crippen LogP contribution in [-0.2, 0) is 16.1 Å². The smallest absolute Gasteiger partial charge is 0.278 e. The zero-order chi connectivity index (χ0) is 20.4. The Hall–Kier alpha value is -2.89. The molecule has 3 aromatic carbocycles. The molecular weight excluding hydrogens is 452 g/mol. The number of imide groups is 1. The molecule has 1 aliphatic rings. The third-order valence-electron chi connectivity index (χ3n) is 4.61. The van der Waals surface area contributed by atoms with Crippen molar-refractivity contribution >= 4 is 50.6 Å². The third kappa shape index (κ3) is 3.97. The molecule has 144 valence electrons. The number of carbonyl (C=O) groups is 2. The lowest BCUT2D eigenvalue weighted by Gasteiger charge is -2.16. The number of benzene rings is 3. The SMILES string of the molecule is O=C1C(Nc2cccc(Br)c2)=C(c2ccccc2)C(=O)N1Cc1ccccc1Cl. The summed E-state index contributed by atoms with van der Waals surface area (Å²) in [5, 5.41) is 3.66. The number of amides is 2.